The Balaban J connectivity index is 1.67. The first-order valence-corrected chi connectivity index (χ1v) is 9.80. The zero-order chi connectivity index (χ0) is 17.8. The smallest absolute Gasteiger partial charge is 0.271 e. The summed E-state index contributed by atoms with van der Waals surface area (Å²) >= 11 is 1.47. The van der Waals surface area contributed by atoms with Crippen molar-refractivity contribution in [2.75, 3.05) is 26.3 Å². The van der Waals surface area contributed by atoms with Gasteiger partial charge in [-0.25, -0.2) is 4.98 Å². The molecule has 0 unspecified atom stereocenters. The number of ether oxygens (including phenoxy) is 1. The number of hydrogen-bond acceptors (Lipinski definition) is 6. The van der Waals surface area contributed by atoms with Crippen LogP contribution in [0.2, 0.25) is 0 Å². The Bertz CT molecular complexity index is 615. The van der Waals surface area contributed by atoms with E-state index in [4.69, 9.17) is 4.74 Å². The highest BCUT2D eigenvalue weighted by Gasteiger charge is 2.41. The second-order valence-electron chi connectivity index (χ2n) is 6.61. The zero-order valence-electron chi connectivity index (χ0n) is 14.8. The van der Waals surface area contributed by atoms with Gasteiger partial charge in [0.25, 0.3) is 5.91 Å². The number of thiazole rings is 1. The van der Waals surface area contributed by atoms with Gasteiger partial charge in [-0.3, -0.25) is 14.5 Å². The fourth-order valence-electron chi connectivity index (χ4n) is 3.66. The average molecular weight is 366 g/mol. The van der Waals surface area contributed by atoms with Crippen LogP contribution in [-0.2, 0) is 9.53 Å². The number of likely N-dealkylation sites (tertiary alicyclic amines) is 1. The number of hydrogen-bond donors (Lipinski definition) is 2. The van der Waals surface area contributed by atoms with Gasteiger partial charge in [-0.05, 0) is 33.1 Å². The summed E-state index contributed by atoms with van der Waals surface area (Å²) < 4.78 is 5.45. The van der Waals surface area contributed by atoms with Gasteiger partial charge in [0.1, 0.15) is 5.69 Å². The van der Waals surface area contributed by atoms with Gasteiger partial charge in [0, 0.05) is 43.8 Å². The van der Waals surface area contributed by atoms with Gasteiger partial charge in [0.05, 0.1) is 11.0 Å². The van der Waals surface area contributed by atoms with E-state index in [0.29, 0.717) is 31.2 Å². The van der Waals surface area contributed by atoms with E-state index < -0.39 is 0 Å². The monoisotopic (exact) mass is 366 g/mol. The van der Waals surface area contributed by atoms with E-state index in [-0.39, 0.29) is 23.9 Å². The van der Waals surface area contributed by atoms with Crippen molar-refractivity contribution in [3.8, 4) is 0 Å². The Morgan fingerprint density at radius 1 is 1.40 bits per heavy atom. The third-order valence-electron chi connectivity index (χ3n) is 4.84. The van der Waals surface area contributed by atoms with Crippen LogP contribution in [0.15, 0.2) is 5.38 Å². The van der Waals surface area contributed by atoms with Gasteiger partial charge >= 0.3 is 0 Å². The molecule has 7 nitrogen and oxygen atoms in total. The van der Waals surface area contributed by atoms with E-state index >= 15 is 0 Å². The number of rotatable bonds is 5. The summed E-state index contributed by atoms with van der Waals surface area (Å²) in [6.45, 7) is 6.59. The topological polar surface area (TPSA) is 83.6 Å². The molecule has 0 aliphatic carbocycles. The van der Waals surface area contributed by atoms with Crippen molar-refractivity contribution in [2.24, 2.45) is 0 Å². The molecule has 2 saturated heterocycles. The Hall–Kier alpha value is -1.51. The molecule has 2 aliphatic heterocycles. The maximum Gasteiger partial charge on any atom is 0.271 e. The number of amides is 2. The second-order valence-corrected chi connectivity index (χ2v) is 7.67. The molecular formula is C17H26N4O3S. The third-order valence-corrected chi connectivity index (χ3v) is 5.61. The van der Waals surface area contributed by atoms with Gasteiger partial charge in [0.15, 0.2) is 0 Å². The predicted octanol–water partition coefficient (Wildman–Crippen LogP) is 0.939. The minimum atomic E-state index is -0.189. The van der Waals surface area contributed by atoms with E-state index in [2.05, 4.69) is 20.5 Å². The average Bonchev–Trinajstić information content (AvgIpc) is 3.22. The van der Waals surface area contributed by atoms with Crippen LogP contribution in [0, 0.1) is 6.92 Å². The Morgan fingerprint density at radius 3 is 2.80 bits per heavy atom. The number of likely N-dealkylation sites (N-methyl/N-ethyl adjacent to an activating group) is 1. The first-order valence-electron chi connectivity index (χ1n) is 8.92. The van der Waals surface area contributed by atoms with Crippen LogP contribution in [0.4, 0.5) is 0 Å². The van der Waals surface area contributed by atoms with Crippen molar-refractivity contribution in [1.82, 2.24) is 20.5 Å². The normalized spacial score (nSPS) is 25.0. The SMILES string of the molecule is CCNC(=O)[C@@H]1C[C@H](NC(=O)c2csc(C)n2)CN1C1CCOCC1. The predicted molar refractivity (Wildman–Crippen MR) is 95.7 cm³/mol. The van der Waals surface area contributed by atoms with Crippen molar-refractivity contribution in [3.63, 3.8) is 0 Å². The van der Waals surface area contributed by atoms with Gasteiger partial charge < -0.3 is 15.4 Å². The van der Waals surface area contributed by atoms with E-state index in [9.17, 15) is 9.59 Å². The fourth-order valence-corrected chi connectivity index (χ4v) is 4.26. The summed E-state index contributed by atoms with van der Waals surface area (Å²) in [6, 6.07) is 0.111. The number of aryl methyl sites for hydroxylation is 1. The first-order chi connectivity index (χ1) is 12.1. The van der Waals surface area contributed by atoms with Gasteiger partial charge in [-0.2, -0.15) is 0 Å². The largest absolute Gasteiger partial charge is 0.381 e. The van der Waals surface area contributed by atoms with Gasteiger partial charge in [0.2, 0.25) is 5.91 Å². The summed E-state index contributed by atoms with van der Waals surface area (Å²) in [6.07, 6.45) is 2.50. The number of nitrogens with zero attached hydrogens (tertiary/aromatic N) is 2. The van der Waals surface area contributed by atoms with Crippen LogP contribution in [0.1, 0.15) is 41.7 Å². The minimum absolute atomic E-state index is 0.0371. The highest BCUT2D eigenvalue weighted by atomic mass is 32.1. The molecule has 0 bridgehead atoms. The third kappa shape index (κ3) is 4.37. The van der Waals surface area contributed by atoms with Crippen LogP contribution in [-0.4, -0.2) is 66.1 Å². The molecule has 2 aliphatic rings. The summed E-state index contributed by atoms with van der Waals surface area (Å²) in [4.78, 5) is 31.4. The Labute approximate surface area is 152 Å². The molecule has 3 heterocycles. The lowest BCUT2D eigenvalue weighted by Crippen LogP contribution is -2.49. The highest BCUT2D eigenvalue weighted by molar-refractivity contribution is 7.09. The van der Waals surface area contributed by atoms with Crippen LogP contribution in [0.3, 0.4) is 0 Å². The molecular weight excluding hydrogens is 340 g/mol. The molecule has 2 N–H and O–H groups in total. The highest BCUT2D eigenvalue weighted by Crippen LogP contribution is 2.26. The molecule has 0 saturated carbocycles. The lowest BCUT2D eigenvalue weighted by Gasteiger charge is -2.34. The van der Waals surface area contributed by atoms with Crippen molar-refractivity contribution >= 4 is 23.2 Å². The number of aromatic nitrogens is 1. The Morgan fingerprint density at radius 2 is 2.16 bits per heavy atom. The molecule has 3 rings (SSSR count). The number of nitrogens with one attached hydrogen (secondary N) is 2. The quantitative estimate of drug-likeness (QED) is 0.810. The van der Waals surface area contributed by atoms with Crippen molar-refractivity contribution in [3.05, 3.63) is 16.1 Å². The molecule has 8 heteroatoms. The van der Waals surface area contributed by atoms with E-state index in [1.165, 1.54) is 11.3 Å². The maximum absolute atomic E-state index is 12.5. The lowest BCUT2D eigenvalue weighted by molar-refractivity contribution is -0.126. The van der Waals surface area contributed by atoms with Gasteiger partial charge in [-0.1, -0.05) is 0 Å². The van der Waals surface area contributed by atoms with Gasteiger partial charge in [-0.15, -0.1) is 11.3 Å². The Kier molecular flexibility index (Phi) is 6.03. The van der Waals surface area contributed by atoms with E-state index in [1.54, 1.807) is 5.38 Å². The molecule has 25 heavy (non-hydrogen) atoms. The molecule has 2 amide bonds. The summed E-state index contributed by atoms with van der Waals surface area (Å²) in [5, 5.41) is 8.64. The fraction of sp³-hybridized carbons (Fsp3) is 0.706. The van der Waals surface area contributed by atoms with Crippen LogP contribution in [0.25, 0.3) is 0 Å². The minimum Gasteiger partial charge on any atom is -0.381 e. The zero-order valence-corrected chi connectivity index (χ0v) is 15.6. The number of carbonyl (C=O) groups is 2. The standard InChI is InChI=1S/C17H26N4O3S/c1-3-18-17(23)15-8-12(9-21(15)13-4-6-24-7-5-13)20-16(22)14-10-25-11(2)19-14/h10,12-13,15H,3-9H2,1-2H3,(H,18,23)(H,20,22)/t12-,15-/m0/s1. The molecule has 2 fully saturated rings. The molecule has 138 valence electrons. The molecule has 2 atom stereocenters. The molecule has 1 aromatic rings. The van der Waals surface area contributed by atoms with Crippen LogP contribution >= 0.6 is 11.3 Å². The maximum atomic E-state index is 12.5. The van der Waals surface area contributed by atoms with Crippen LogP contribution < -0.4 is 10.6 Å². The molecule has 0 spiro atoms. The molecule has 0 radical (unpaired) electrons. The van der Waals surface area contributed by atoms with Crippen molar-refractivity contribution in [2.45, 2.75) is 51.2 Å². The summed E-state index contributed by atoms with van der Waals surface area (Å²) in [5.74, 6) is -0.104. The molecule has 0 aromatic carbocycles. The van der Waals surface area contributed by atoms with Crippen LogP contribution in [0.5, 0.6) is 0 Å². The van der Waals surface area contributed by atoms with E-state index in [0.717, 1.165) is 31.1 Å². The summed E-state index contributed by atoms with van der Waals surface area (Å²) in [5.41, 5.74) is 0.460. The summed E-state index contributed by atoms with van der Waals surface area (Å²) in [7, 11) is 0. The van der Waals surface area contributed by atoms with Crippen molar-refractivity contribution in [1.29, 1.82) is 0 Å². The first kappa shape index (κ1) is 18.3. The second kappa shape index (κ2) is 8.25. The molecule has 1 aromatic heterocycles. The van der Waals surface area contributed by atoms with Crippen molar-refractivity contribution < 1.29 is 14.3 Å². The van der Waals surface area contributed by atoms with E-state index in [1.807, 2.05) is 13.8 Å². The number of carbonyl (C=O) groups excluding carboxylic acids is 2. The lowest BCUT2D eigenvalue weighted by atomic mass is 10.1.